The molecule has 1 aromatic rings. The molecule has 1 aromatic carbocycles. The highest BCUT2D eigenvalue weighted by Crippen LogP contribution is 2.47. The lowest BCUT2D eigenvalue weighted by Gasteiger charge is -2.30. The number of Topliss-reactive ketones (excluding diaryl/α,β-unsaturated/α-hetero) is 1. The van der Waals surface area contributed by atoms with Crippen molar-refractivity contribution in [2.75, 3.05) is 41.2 Å². The molecule has 38 heavy (non-hydrogen) atoms. The normalized spacial score (nSPS) is 21.7. The van der Waals surface area contributed by atoms with Gasteiger partial charge in [-0.1, -0.05) is 13.8 Å². The number of carbonyl (C=O) groups excluding carboxylic acids is 3. The second kappa shape index (κ2) is 12.3. The van der Waals surface area contributed by atoms with Crippen molar-refractivity contribution in [1.29, 1.82) is 0 Å². The maximum absolute atomic E-state index is 13.2. The van der Waals surface area contributed by atoms with E-state index in [1.54, 1.807) is 21.3 Å². The van der Waals surface area contributed by atoms with Crippen LogP contribution >= 0.6 is 0 Å². The van der Waals surface area contributed by atoms with Crippen LogP contribution in [0.25, 0.3) is 0 Å². The van der Waals surface area contributed by atoms with Crippen molar-refractivity contribution in [3.8, 4) is 17.2 Å². The van der Waals surface area contributed by atoms with Gasteiger partial charge in [0.2, 0.25) is 11.8 Å². The number of epoxide rings is 1. The first-order valence-electron chi connectivity index (χ1n) is 12.9. The van der Waals surface area contributed by atoms with Crippen LogP contribution in [0.1, 0.15) is 43.4 Å². The summed E-state index contributed by atoms with van der Waals surface area (Å²) in [5, 5.41) is 24.8. The highest BCUT2D eigenvalue weighted by molar-refractivity contribution is 5.98. The molecule has 1 unspecified atom stereocenters. The molecule has 1 aliphatic carbocycles. The lowest BCUT2D eigenvalue weighted by atomic mass is 9.81. The molecule has 11 nitrogen and oxygen atoms in total. The third kappa shape index (κ3) is 5.89. The number of ether oxygens (including phenoxy) is 4. The average Bonchev–Trinajstić information content (AvgIpc) is 3.70. The average molecular weight is 537 g/mol. The maximum Gasteiger partial charge on any atom is 0.245 e. The van der Waals surface area contributed by atoms with E-state index in [1.165, 1.54) is 0 Å². The summed E-state index contributed by atoms with van der Waals surface area (Å²) in [5.74, 6) is -0.0456. The predicted molar refractivity (Wildman–Crippen MR) is 138 cm³/mol. The molecule has 1 fully saturated rings. The molecule has 1 aliphatic heterocycles. The Labute approximate surface area is 223 Å². The van der Waals surface area contributed by atoms with Crippen LogP contribution in [0.3, 0.4) is 0 Å². The van der Waals surface area contributed by atoms with E-state index < -0.39 is 48.5 Å². The molecule has 2 aliphatic rings. The third-order valence-corrected chi connectivity index (χ3v) is 7.33. The van der Waals surface area contributed by atoms with Crippen LogP contribution < -0.4 is 24.8 Å². The number of hydrogen-bond acceptors (Lipinski definition) is 9. The summed E-state index contributed by atoms with van der Waals surface area (Å²) in [7, 11) is 4.70. The Balaban J connectivity index is 1.74. The van der Waals surface area contributed by atoms with E-state index in [2.05, 4.69) is 10.6 Å². The van der Waals surface area contributed by atoms with E-state index in [0.29, 0.717) is 42.9 Å². The smallest absolute Gasteiger partial charge is 0.245 e. The summed E-state index contributed by atoms with van der Waals surface area (Å²) in [6.45, 7) is 4.64. The van der Waals surface area contributed by atoms with E-state index in [1.807, 2.05) is 20.8 Å². The number of fused-ring (bicyclic) bond motifs is 1. The van der Waals surface area contributed by atoms with Gasteiger partial charge in [-0.05, 0) is 38.5 Å². The van der Waals surface area contributed by atoms with Gasteiger partial charge in [0, 0.05) is 22.6 Å². The van der Waals surface area contributed by atoms with Crippen LogP contribution in [-0.4, -0.2) is 86.6 Å². The van der Waals surface area contributed by atoms with Gasteiger partial charge in [-0.15, -0.1) is 0 Å². The SMILES string of the molecule is COc1c(C)c(OC)c(OC)c2c1CC(C(=O)N[C@@H](CO)C(=O)N[C@@H](CC(C)C)C(=O)[C@@]1(CO)CO1)CC2. The number of aliphatic hydroxyl groups excluding tert-OH is 2. The second-order valence-electron chi connectivity index (χ2n) is 10.4. The summed E-state index contributed by atoms with van der Waals surface area (Å²) in [4.78, 5) is 39.2. The Morgan fingerprint density at radius 3 is 2.13 bits per heavy atom. The minimum absolute atomic E-state index is 0.0669. The van der Waals surface area contributed by atoms with Crippen LogP contribution in [-0.2, 0) is 32.0 Å². The molecule has 1 saturated heterocycles. The summed E-state index contributed by atoms with van der Waals surface area (Å²) in [6.07, 6.45) is 1.71. The summed E-state index contributed by atoms with van der Waals surface area (Å²) < 4.78 is 22.0. The quantitative estimate of drug-likeness (QED) is 0.263. The number of amides is 2. The van der Waals surface area contributed by atoms with Crippen LogP contribution in [0.15, 0.2) is 0 Å². The summed E-state index contributed by atoms with van der Waals surface area (Å²) >= 11 is 0. The largest absolute Gasteiger partial charge is 0.496 e. The van der Waals surface area contributed by atoms with Crippen molar-refractivity contribution in [2.45, 2.75) is 64.1 Å². The zero-order valence-corrected chi connectivity index (χ0v) is 23.0. The lowest BCUT2D eigenvalue weighted by molar-refractivity contribution is -0.135. The molecule has 0 spiro atoms. The molecule has 0 aromatic heterocycles. The Kier molecular flexibility index (Phi) is 9.61. The zero-order valence-electron chi connectivity index (χ0n) is 23.0. The van der Waals surface area contributed by atoms with E-state index in [9.17, 15) is 24.6 Å². The van der Waals surface area contributed by atoms with Crippen LogP contribution in [0.2, 0.25) is 0 Å². The fraction of sp³-hybridized carbons (Fsp3) is 0.667. The predicted octanol–water partition coefficient (Wildman–Crippen LogP) is 0.464. The van der Waals surface area contributed by atoms with Crippen molar-refractivity contribution >= 4 is 17.6 Å². The first-order chi connectivity index (χ1) is 18.1. The monoisotopic (exact) mass is 536 g/mol. The number of carbonyl (C=O) groups is 3. The third-order valence-electron chi connectivity index (χ3n) is 7.33. The number of nitrogens with one attached hydrogen (secondary N) is 2. The first kappa shape index (κ1) is 29.7. The molecule has 4 atom stereocenters. The molecule has 11 heteroatoms. The number of aliphatic hydroxyl groups is 2. The highest BCUT2D eigenvalue weighted by atomic mass is 16.6. The van der Waals surface area contributed by atoms with E-state index in [-0.39, 0.29) is 18.4 Å². The fourth-order valence-corrected chi connectivity index (χ4v) is 5.20. The summed E-state index contributed by atoms with van der Waals surface area (Å²) in [5.41, 5.74) is 1.24. The number of benzene rings is 1. The Bertz CT molecular complexity index is 1050. The Morgan fingerprint density at radius 1 is 1.00 bits per heavy atom. The van der Waals surface area contributed by atoms with Gasteiger partial charge < -0.3 is 39.8 Å². The van der Waals surface area contributed by atoms with E-state index in [4.69, 9.17) is 18.9 Å². The molecular weight excluding hydrogens is 496 g/mol. The van der Waals surface area contributed by atoms with Crippen LogP contribution in [0.4, 0.5) is 0 Å². The number of ketones is 1. The van der Waals surface area contributed by atoms with Gasteiger partial charge in [-0.3, -0.25) is 14.4 Å². The first-order valence-corrected chi connectivity index (χ1v) is 12.9. The lowest BCUT2D eigenvalue weighted by Crippen LogP contribution is -2.56. The fourth-order valence-electron chi connectivity index (χ4n) is 5.20. The second-order valence-corrected chi connectivity index (χ2v) is 10.4. The van der Waals surface area contributed by atoms with Crippen LogP contribution in [0.5, 0.6) is 17.2 Å². The minimum Gasteiger partial charge on any atom is -0.496 e. The van der Waals surface area contributed by atoms with Crippen molar-refractivity contribution in [2.24, 2.45) is 11.8 Å². The van der Waals surface area contributed by atoms with Crippen LogP contribution in [0, 0.1) is 18.8 Å². The topological polar surface area (TPSA) is 156 Å². The van der Waals surface area contributed by atoms with Crippen molar-refractivity contribution in [1.82, 2.24) is 10.6 Å². The Hall–Kier alpha value is -2.89. The van der Waals surface area contributed by atoms with Crippen molar-refractivity contribution in [3.63, 3.8) is 0 Å². The highest BCUT2D eigenvalue weighted by Gasteiger charge is 2.54. The van der Waals surface area contributed by atoms with Gasteiger partial charge in [0.1, 0.15) is 11.8 Å². The molecule has 4 N–H and O–H groups in total. The molecule has 0 bridgehead atoms. The molecule has 1 heterocycles. The van der Waals surface area contributed by atoms with Crippen molar-refractivity contribution in [3.05, 3.63) is 16.7 Å². The maximum atomic E-state index is 13.2. The van der Waals surface area contributed by atoms with E-state index in [0.717, 1.165) is 16.7 Å². The van der Waals surface area contributed by atoms with Gasteiger partial charge in [0.25, 0.3) is 0 Å². The van der Waals surface area contributed by atoms with Gasteiger partial charge in [-0.2, -0.15) is 0 Å². The molecule has 212 valence electrons. The minimum atomic E-state index is -1.29. The molecule has 0 radical (unpaired) electrons. The van der Waals surface area contributed by atoms with Gasteiger partial charge in [0.05, 0.1) is 47.2 Å². The molecule has 3 rings (SSSR count). The molecular formula is C27H40N2O9. The Morgan fingerprint density at radius 2 is 1.63 bits per heavy atom. The molecule has 2 amide bonds. The van der Waals surface area contributed by atoms with Gasteiger partial charge >= 0.3 is 0 Å². The summed E-state index contributed by atoms with van der Waals surface area (Å²) in [6, 6.07) is -2.16. The molecule has 0 saturated carbocycles. The van der Waals surface area contributed by atoms with E-state index >= 15 is 0 Å². The van der Waals surface area contributed by atoms with Gasteiger partial charge in [0.15, 0.2) is 22.9 Å². The van der Waals surface area contributed by atoms with Gasteiger partial charge in [-0.25, -0.2) is 0 Å². The van der Waals surface area contributed by atoms with Crippen molar-refractivity contribution < 1.29 is 43.5 Å². The zero-order chi connectivity index (χ0) is 28.2. The number of methoxy groups -OCH3 is 3. The standard InChI is InChI=1S/C27H40N2O9/c1-14(2)9-19(24(32)27(12-31)13-38-27)28-26(34)20(11-30)29-25(33)16-7-8-17-18(10-16)21(35-4)15(3)22(36-5)23(17)37-6/h14,16,19-20,30-31H,7-13H2,1-6H3,(H,28,34)(H,29,33)/t16?,19-,20-,27+/m0/s1. The number of hydrogen-bond donors (Lipinski definition) is 4. The number of rotatable bonds is 13.